The van der Waals surface area contributed by atoms with Crippen LogP contribution in [-0.4, -0.2) is 32.8 Å². The van der Waals surface area contributed by atoms with Gasteiger partial charge in [0.15, 0.2) is 0 Å². The van der Waals surface area contributed by atoms with E-state index < -0.39 is 11.6 Å². The standard InChI is InChI=1S/C22H21F2N5/c1-13-18(7-16(23)8-21(13)24)20-11-27-22-19(20)6-14(9-26-22)15-10-28-29(12-15)17-2-4-25-5-3-17/h6-12,17,25H,2-5H2,1H3,(H,26,27). The first-order valence-electron chi connectivity index (χ1n) is 9.78. The molecular weight excluding hydrogens is 372 g/mol. The van der Waals surface area contributed by atoms with Gasteiger partial charge in [0.1, 0.15) is 17.3 Å². The van der Waals surface area contributed by atoms with Crippen LogP contribution in [0.15, 0.2) is 43.0 Å². The van der Waals surface area contributed by atoms with Gasteiger partial charge in [0, 0.05) is 46.7 Å². The van der Waals surface area contributed by atoms with Crippen molar-refractivity contribution in [3.63, 3.8) is 0 Å². The van der Waals surface area contributed by atoms with Crippen molar-refractivity contribution in [3.05, 3.63) is 60.2 Å². The number of nitrogens with one attached hydrogen (secondary N) is 2. The molecule has 4 heterocycles. The Morgan fingerprint density at radius 2 is 1.86 bits per heavy atom. The van der Waals surface area contributed by atoms with Crippen molar-refractivity contribution < 1.29 is 8.78 Å². The minimum absolute atomic E-state index is 0.405. The van der Waals surface area contributed by atoms with Crippen LogP contribution in [0.3, 0.4) is 0 Å². The topological polar surface area (TPSA) is 58.5 Å². The van der Waals surface area contributed by atoms with Crippen molar-refractivity contribution in [2.24, 2.45) is 0 Å². The third-order valence-electron chi connectivity index (χ3n) is 5.75. The van der Waals surface area contributed by atoms with E-state index in [-0.39, 0.29) is 0 Å². The molecule has 0 unspecified atom stereocenters. The Labute approximate surface area is 166 Å². The van der Waals surface area contributed by atoms with Gasteiger partial charge in [-0.2, -0.15) is 5.10 Å². The van der Waals surface area contributed by atoms with Crippen LogP contribution in [0, 0.1) is 18.6 Å². The molecule has 0 radical (unpaired) electrons. The van der Waals surface area contributed by atoms with E-state index in [4.69, 9.17) is 0 Å². The number of halogens is 2. The Morgan fingerprint density at radius 3 is 2.69 bits per heavy atom. The van der Waals surface area contributed by atoms with Crippen molar-refractivity contribution in [3.8, 4) is 22.3 Å². The Hall–Kier alpha value is -3.06. The van der Waals surface area contributed by atoms with Crippen LogP contribution in [0.2, 0.25) is 0 Å². The van der Waals surface area contributed by atoms with Gasteiger partial charge in [-0.05, 0) is 56.1 Å². The highest BCUT2D eigenvalue weighted by molar-refractivity contribution is 5.96. The smallest absolute Gasteiger partial charge is 0.137 e. The van der Waals surface area contributed by atoms with E-state index in [1.54, 1.807) is 19.3 Å². The number of fused-ring (bicyclic) bond motifs is 1. The molecule has 1 aliphatic rings. The third-order valence-corrected chi connectivity index (χ3v) is 5.75. The van der Waals surface area contributed by atoms with Gasteiger partial charge >= 0.3 is 0 Å². The summed E-state index contributed by atoms with van der Waals surface area (Å²) in [7, 11) is 0. The molecule has 1 fully saturated rings. The molecule has 0 saturated carbocycles. The number of piperidine rings is 1. The lowest BCUT2D eigenvalue weighted by Gasteiger charge is -2.22. The molecule has 148 valence electrons. The Morgan fingerprint density at radius 1 is 1.03 bits per heavy atom. The van der Waals surface area contributed by atoms with Crippen LogP contribution < -0.4 is 5.32 Å². The summed E-state index contributed by atoms with van der Waals surface area (Å²) in [6, 6.07) is 4.68. The number of aromatic amines is 1. The van der Waals surface area contributed by atoms with E-state index >= 15 is 0 Å². The predicted octanol–water partition coefficient (Wildman–Crippen LogP) is 4.60. The highest BCUT2D eigenvalue weighted by Crippen LogP contribution is 2.34. The van der Waals surface area contributed by atoms with Crippen molar-refractivity contribution in [2.75, 3.05) is 13.1 Å². The zero-order chi connectivity index (χ0) is 20.0. The van der Waals surface area contributed by atoms with Gasteiger partial charge in [-0.15, -0.1) is 0 Å². The van der Waals surface area contributed by atoms with E-state index in [2.05, 4.69) is 26.6 Å². The monoisotopic (exact) mass is 393 g/mol. The first-order valence-corrected chi connectivity index (χ1v) is 9.78. The maximum absolute atomic E-state index is 14.1. The van der Waals surface area contributed by atoms with Crippen LogP contribution in [0.1, 0.15) is 24.4 Å². The summed E-state index contributed by atoms with van der Waals surface area (Å²) in [5.74, 6) is -1.15. The lowest BCUT2D eigenvalue weighted by atomic mass is 9.99. The van der Waals surface area contributed by atoms with Gasteiger partial charge in [-0.3, -0.25) is 4.68 Å². The van der Waals surface area contributed by atoms with E-state index in [0.717, 1.165) is 54.1 Å². The molecule has 3 aromatic heterocycles. The molecule has 1 aromatic carbocycles. The van der Waals surface area contributed by atoms with Gasteiger partial charge in [0.25, 0.3) is 0 Å². The molecule has 2 N–H and O–H groups in total. The average molecular weight is 393 g/mol. The first kappa shape index (κ1) is 18.0. The summed E-state index contributed by atoms with van der Waals surface area (Å²) in [6.07, 6.45) is 9.57. The fourth-order valence-electron chi connectivity index (χ4n) is 4.07. The van der Waals surface area contributed by atoms with E-state index in [9.17, 15) is 8.78 Å². The van der Waals surface area contributed by atoms with Crippen molar-refractivity contribution >= 4 is 11.0 Å². The fraction of sp³-hybridized carbons (Fsp3) is 0.273. The fourth-order valence-corrected chi connectivity index (χ4v) is 4.07. The number of H-pyrrole nitrogens is 1. The summed E-state index contributed by atoms with van der Waals surface area (Å²) in [5, 5.41) is 8.75. The van der Waals surface area contributed by atoms with Gasteiger partial charge < -0.3 is 10.3 Å². The average Bonchev–Trinajstić information content (AvgIpc) is 3.38. The van der Waals surface area contributed by atoms with Crippen LogP contribution in [-0.2, 0) is 0 Å². The minimum atomic E-state index is -0.593. The number of hydrogen-bond donors (Lipinski definition) is 2. The first-order chi connectivity index (χ1) is 14.1. The summed E-state index contributed by atoms with van der Waals surface area (Å²) >= 11 is 0. The SMILES string of the molecule is Cc1c(F)cc(F)cc1-c1c[nH]c2ncc(-c3cnn(C4CCNCC4)c3)cc12. The molecule has 29 heavy (non-hydrogen) atoms. The summed E-state index contributed by atoms with van der Waals surface area (Å²) in [4.78, 5) is 7.61. The third kappa shape index (κ3) is 3.21. The van der Waals surface area contributed by atoms with Crippen LogP contribution >= 0.6 is 0 Å². The number of rotatable bonds is 3. The van der Waals surface area contributed by atoms with Crippen LogP contribution in [0.4, 0.5) is 8.78 Å². The van der Waals surface area contributed by atoms with Gasteiger partial charge in [-0.25, -0.2) is 13.8 Å². The summed E-state index contributed by atoms with van der Waals surface area (Å²) in [6.45, 7) is 3.66. The van der Waals surface area contributed by atoms with Crippen LogP contribution in [0.25, 0.3) is 33.3 Å². The van der Waals surface area contributed by atoms with Crippen molar-refractivity contribution in [2.45, 2.75) is 25.8 Å². The normalized spacial score (nSPS) is 15.3. The maximum atomic E-state index is 14.1. The van der Waals surface area contributed by atoms with Crippen molar-refractivity contribution in [1.29, 1.82) is 0 Å². The van der Waals surface area contributed by atoms with E-state index in [1.807, 2.05) is 16.9 Å². The number of pyridine rings is 1. The molecule has 0 spiro atoms. The Balaban J connectivity index is 1.56. The molecule has 5 nitrogen and oxygen atoms in total. The summed E-state index contributed by atoms with van der Waals surface area (Å²) in [5.41, 5.74) is 4.25. The quantitative estimate of drug-likeness (QED) is 0.535. The zero-order valence-electron chi connectivity index (χ0n) is 16.0. The predicted molar refractivity (Wildman–Crippen MR) is 109 cm³/mol. The van der Waals surface area contributed by atoms with Crippen LogP contribution in [0.5, 0.6) is 0 Å². The maximum Gasteiger partial charge on any atom is 0.137 e. The van der Waals surface area contributed by atoms with Gasteiger partial charge in [0.2, 0.25) is 0 Å². The lowest BCUT2D eigenvalue weighted by molar-refractivity contribution is 0.343. The van der Waals surface area contributed by atoms with E-state index in [1.165, 1.54) is 6.07 Å². The Bertz CT molecular complexity index is 1190. The molecule has 0 bridgehead atoms. The second kappa shape index (κ2) is 7.08. The van der Waals surface area contributed by atoms with E-state index in [0.29, 0.717) is 22.8 Å². The minimum Gasteiger partial charge on any atom is -0.346 e. The molecule has 0 atom stereocenters. The number of hydrogen-bond acceptors (Lipinski definition) is 3. The molecule has 1 saturated heterocycles. The van der Waals surface area contributed by atoms with Crippen molar-refractivity contribution in [1.82, 2.24) is 25.1 Å². The molecule has 0 aliphatic carbocycles. The molecule has 5 rings (SSSR count). The molecule has 4 aromatic rings. The van der Waals surface area contributed by atoms with Gasteiger partial charge in [-0.1, -0.05) is 0 Å². The lowest BCUT2D eigenvalue weighted by Crippen LogP contribution is -2.29. The zero-order valence-corrected chi connectivity index (χ0v) is 16.0. The number of benzene rings is 1. The highest BCUT2D eigenvalue weighted by atomic mass is 19.1. The largest absolute Gasteiger partial charge is 0.346 e. The number of aromatic nitrogens is 4. The highest BCUT2D eigenvalue weighted by Gasteiger charge is 2.18. The molecule has 0 amide bonds. The Kier molecular flexibility index (Phi) is 4.39. The van der Waals surface area contributed by atoms with Gasteiger partial charge in [0.05, 0.1) is 12.2 Å². The number of nitrogens with zero attached hydrogens (tertiary/aromatic N) is 3. The molecular formula is C22H21F2N5. The molecule has 7 heteroatoms. The second-order valence-electron chi connectivity index (χ2n) is 7.57. The second-order valence-corrected chi connectivity index (χ2v) is 7.57. The molecule has 1 aliphatic heterocycles. The summed E-state index contributed by atoms with van der Waals surface area (Å²) < 4.78 is 29.9.